The molecule has 0 saturated heterocycles. The van der Waals surface area contributed by atoms with E-state index in [0.717, 1.165) is 23.4 Å². The zero-order valence-electron chi connectivity index (χ0n) is 14.8. The second kappa shape index (κ2) is 7.23. The van der Waals surface area contributed by atoms with E-state index in [2.05, 4.69) is 27.8 Å². The van der Waals surface area contributed by atoms with E-state index in [1.54, 1.807) is 6.07 Å². The molecule has 1 aromatic carbocycles. The van der Waals surface area contributed by atoms with Crippen LogP contribution in [-0.4, -0.2) is 28.5 Å². The summed E-state index contributed by atoms with van der Waals surface area (Å²) in [6, 6.07) is 11.7. The second-order valence-corrected chi connectivity index (χ2v) is 6.93. The molecule has 2 aliphatic rings. The summed E-state index contributed by atoms with van der Waals surface area (Å²) in [7, 11) is 0. The standard InChI is InChI=1S/C21H21N3O3/c25-19(26)9-11-23-21(27)13-7-8-17-16(12-13)14-4-3-5-15(14)20(24-17)18-6-1-2-10-22-18/h1-4,6-8,10,12,14-15,20,24H,5,9,11H2,(H,23,27)(H,25,26)/t14-,15+,20+/m0/s1. The minimum atomic E-state index is -0.926. The van der Waals surface area contributed by atoms with E-state index >= 15 is 0 Å². The molecule has 6 nitrogen and oxygen atoms in total. The first-order valence-electron chi connectivity index (χ1n) is 9.11. The third-order valence-corrected chi connectivity index (χ3v) is 5.26. The number of nitrogens with one attached hydrogen (secondary N) is 2. The molecule has 0 spiro atoms. The summed E-state index contributed by atoms with van der Waals surface area (Å²) in [5.41, 5.74) is 3.70. The van der Waals surface area contributed by atoms with Crippen LogP contribution >= 0.6 is 0 Å². The molecular weight excluding hydrogens is 342 g/mol. The summed E-state index contributed by atoms with van der Waals surface area (Å²) in [5, 5.41) is 15.0. The first kappa shape index (κ1) is 17.3. The van der Waals surface area contributed by atoms with Gasteiger partial charge in [-0.25, -0.2) is 0 Å². The quantitative estimate of drug-likeness (QED) is 0.710. The van der Waals surface area contributed by atoms with Gasteiger partial charge < -0.3 is 15.7 Å². The number of pyridine rings is 1. The number of anilines is 1. The molecule has 3 atom stereocenters. The van der Waals surface area contributed by atoms with Gasteiger partial charge in [-0.3, -0.25) is 14.6 Å². The Balaban J connectivity index is 1.59. The van der Waals surface area contributed by atoms with Gasteiger partial charge in [0.15, 0.2) is 0 Å². The van der Waals surface area contributed by atoms with Gasteiger partial charge in [0.25, 0.3) is 5.91 Å². The number of carbonyl (C=O) groups excluding carboxylic acids is 1. The lowest BCUT2D eigenvalue weighted by Crippen LogP contribution is -2.30. The lowest BCUT2D eigenvalue weighted by molar-refractivity contribution is -0.136. The van der Waals surface area contributed by atoms with Gasteiger partial charge in [-0.05, 0) is 48.2 Å². The van der Waals surface area contributed by atoms with E-state index in [1.807, 2.05) is 36.5 Å². The molecule has 1 amide bonds. The monoisotopic (exact) mass is 363 g/mol. The van der Waals surface area contributed by atoms with E-state index in [1.165, 1.54) is 0 Å². The highest BCUT2D eigenvalue weighted by atomic mass is 16.4. The number of hydrogen-bond acceptors (Lipinski definition) is 4. The number of amides is 1. The van der Waals surface area contributed by atoms with Crippen LogP contribution in [0.4, 0.5) is 5.69 Å². The van der Waals surface area contributed by atoms with Gasteiger partial charge in [0.2, 0.25) is 0 Å². The Morgan fingerprint density at radius 2 is 2.15 bits per heavy atom. The summed E-state index contributed by atoms with van der Waals surface area (Å²) in [5.74, 6) is -0.577. The zero-order valence-corrected chi connectivity index (χ0v) is 14.8. The Morgan fingerprint density at radius 1 is 1.26 bits per heavy atom. The summed E-state index contributed by atoms with van der Waals surface area (Å²) in [6.07, 6.45) is 7.10. The van der Waals surface area contributed by atoms with E-state index in [-0.39, 0.29) is 30.8 Å². The summed E-state index contributed by atoms with van der Waals surface area (Å²) in [6.45, 7) is 0.122. The molecule has 6 heteroatoms. The number of carboxylic acid groups (broad SMARTS) is 1. The fraction of sp³-hybridized carbons (Fsp3) is 0.286. The third-order valence-electron chi connectivity index (χ3n) is 5.26. The lowest BCUT2D eigenvalue weighted by atomic mass is 9.77. The highest BCUT2D eigenvalue weighted by molar-refractivity contribution is 5.95. The maximum absolute atomic E-state index is 12.3. The first-order chi connectivity index (χ1) is 13.1. The van der Waals surface area contributed by atoms with Gasteiger partial charge in [-0.15, -0.1) is 0 Å². The summed E-state index contributed by atoms with van der Waals surface area (Å²) < 4.78 is 0. The van der Waals surface area contributed by atoms with Crippen LogP contribution in [-0.2, 0) is 4.79 Å². The van der Waals surface area contributed by atoms with Gasteiger partial charge >= 0.3 is 5.97 Å². The Bertz CT molecular complexity index is 895. The summed E-state index contributed by atoms with van der Waals surface area (Å²) in [4.78, 5) is 27.5. The highest BCUT2D eigenvalue weighted by Gasteiger charge is 2.38. The van der Waals surface area contributed by atoms with Gasteiger partial charge in [-0.2, -0.15) is 0 Å². The van der Waals surface area contributed by atoms with Crippen LogP contribution < -0.4 is 10.6 Å². The van der Waals surface area contributed by atoms with Crippen molar-refractivity contribution in [3.63, 3.8) is 0 Å². The van der Waals surface area contributed by atoms with Crippen LogP contribution in [0.2, 0.25) is 0 Å². The van der Waals surface area contributed by atoms with Crippen molar-refractivity contribution in [2.45, 2.75) is 24.8 Å². The van der Waals surface area contributed by atoms with Crippen LogP contribution in [0.25, 0.3) is 0 Å². The van der Waals surface area contributed by atoms with Crippen molar-refractivity contribution >= 4 is 17.6 Å². The van der Waals surface area contributed by atoms with Crippen LogP contribution in [0.3, 0.4) is 0 Å². The zero-order chi connectivity index (χ0) is 18.8. The molecule has 4 rings (SSSR count). The molecule has 3 N–H and O–H groups in total. The normalized spacial score (nSPS) is 22.4. The predicted molar refractivity (Wildman–Crippen MR) is 102 cm³/mol. The molecule has 138 valence electrons. The average molecular weight is 363 g/mol. The van der Waals surface area contributed by atoms with E-state index in [0.29, 0.717) is 11.5 Å². The topological polar surface area (TPSA) is 91.3 Å². The van der Waals surface area contributed by atoms with Crippen molar-refractivity contribution in [3.8, 4) is 0 Å². The van der Waals surface area contributed by atoms with Crippen LogP contribution in [0.1, 0.15) is 46.4 Å². The number of rotatable bonds is 5. The first-order valence-corrected chi connectivity index (χ1v) is 9.11. The Labute approximate surface area is 157 Å². The maximum atomic E-state index is 12.3. The lowest BCUT2D eigenvalue weighted by Gasteiger charge is -2.37. The molecule has 1 aromatic heterocycles. The number of aromatic nitrogens is 1. The number of aliphatic carboxylic acids is 1. The average Bonchev–Trinajstić information content (AvgIpc) is 3.17. The minimum absolute atomic E-state index is 0.0859. The SMILES string of the molecule is O=C(O)CCNC(=O)c1ccc2c(c1)[C@H]1C=CC[C@H]1[C@H](c1ccccn1)N2. The molecule has 2 aromatic rings. The van der Waals surface area contributed by atoms with Crippen LogP contribution in [0.5, 0.6) is 0 Å². The molecule has 0 saturated carbocycles. The van der Waals surface area contributed by atoms with Crippen molar-refractivity contribution < 1.29 is 14.7 Å². The molecule has 27 heavy (non-hydrogen) atoms. The van der Waals surface area contributed by atoms with E-state index in [4.69, 9.17) is 5.11 Å². The number of allylic oxidation sites excluding steroid dienone is 2. The fourth-order valence-electron chi connectivity index (χ4n) is 3.97. The molecule has 0 radical (unpaired) electrons. The van der Waals surface area contributed by atoms with Crippen LogP contribution in [0, 0.1) is 5.92 Å². The molecule has 0 fully saturated rings. The number of fused-ring (bicyclic) bond motifs is 3. The van der Waals surface area contributed by atoms with Gasteiger partial charge in [-0.1, -0.05) is 18.2 Å². The van der Waals surface area contributed by atoms with Gasteiger partial charge in [0.05, 0.1) is 18.2 Å². The van der Waals surface area contributed by atoms with E-state index < -0.39 is 5.97 Å². The second-order valence-electron chi connectivity index (χ2n) is 6.93. The highest BCUT2D eigenvalue weighted by Crippen LogP contribution is 2.49. The number of benzene rings is 1. The third kappa shape index (κ3) is 3.43. The van der Waals surface area contributed by atoms with Gasteiger partial charge in [0, 0.05) is 29.9 Å². The van der Waals surface area contributed by atoms with Crippen molar-refractivity contribution in [3.05, 3.63) is 71.6 Å². The molecule has 0 unspecified atom stereocenters. The largest absolute Gasteiger partial charge is 0.481 e. The fourth-order valence-corrected chi connectivity index (χ4v) is 3.97. The Morgan fingerprint density at radius 3 is 2.93 bits per heavy atom. The Hall–Kier alpha value is -3.15. The van der Waals surface area contributed by atoms with Crippen LogP contribution in [0.15, 0.2) is 54.7 Å². The van der Waals surface area contributed by atoms with E-state index in [9.17, 15) is 9.59 Å². The minimum Gasteiger partial charge on any atom is -0.481 e. The number of carbonyl (C=O) groups is 2. The van der Waals surface area contributed by atoms with Crippen molar-refractivity contribution in [2.24, 2.45) is 5.92 Å². The molecule has 1 aliphatic carbocycles. The molecule has 0 bridgehead atoms. The van der Waals surface area contributed by atoms with Crippen molar-refractivity contribution in [1.82, 2.24) is 10.3 Å². The summed E-state index contributed by atoms with van der Waals surface area (Å²) >= 11 is 0. The Kier molecular flexibility index (Phi) is 4.62. The molecule has 2 heterocycles. The maximum Gasteiger partial charge on any atom is 0.305 e. The smallest absolute Gasteiger partial charge is 0.305 e. The molecule has 1 aliphatic heterocycles. The number of nitrogens with zero attached hydrogens (tertiary/aromatic N) is 1. The van der Waals surface area contributed by atoms with Crippen molar-refractivity contribution in [1.29, 1.82) is 0 Å². The van der Waals surface area contributed by atoms with Crippen molar-refractivity contribution in [2.75, 3.05) is 11.9 Å². The van der Waals surface area contributed by atoms with Gasteiger partial charge in [0.1, 0.15) is 0 Å². The predicted octanol–water partition coefficient (Wildman–Crippen LogP) is 3.11. The number of carboxylic acids is 1. The number of hydrogen-bond donors (Lipinski definition) is 3. The molecular formula is C21H21N3O3.